The van der Waals surface area contributed by atoms with Crippen molar-refractivity contribution >= 4 is 56.0 Å². The van der Waals surface area contributed by atoms with E-state index < -0.39 is 30.2 Å². The Balaban J connectivity index is 1.65. The number of halogens is 2. The molecular weight excluding hydrogens is 684 g/mol. The fourth-order valence-corrected chi connectivity index (χ4v) is 5.25. The monoisotopic (exact) mass is 712 g/mol. The molecule has 2 aromatic rings. The van der Waals surface area contributed by atoms with Gasteiger partial charge in [-0.25, -0.2) is 14.4 Å². The predicted octanol–water partition coefficient (Wildman–Crippen LogP) is 3.28. The molecule has 1 aliphatic rings. The number of urea groups is 1. The molecule has 42 heavy (non-hydrogen) atoms. The van der Waals surface area contributed by atoms with Crippen LogP contribution in [0.25, 0.3) is 0 Å². The number of hydrogen-bond acceptors (Lipinski definition) is 11. The number of methoxy groups -OCH3 is 2. The van der Waals surface area contributed by atoms with Gasteiger partial charge in [-0.1, -0.05) is 6.07 Å². The molecule has 0 unspecified atom stereocenters. The summed E-state index contributed by atoms with van der Waals surface area (Å²) in [6, 6.07) is 7.15. The molecule has 0 saturated heterocycles. The molecule has 1 heterocycles. The van der Waals surface area contributed by atoms with Crippen LogP contribution in [0, 0.1) is 0 Å². The number of amides is 2. The number of aliphatic hydroxyl groups excluding tert-OH is 1. The molecule has 2 atom stereocenters. The minimum atomic E-state index is -1.18. The van der Waals surface area contributed by atoms with Gasteiger partial charge in [-0.15, -0.1) is 0 Å². The summed E-state index contributed by atoms with van der Waals surface area (Å²) < 4.78 is 27.6. The molecular formula is C27H30Br2N4O9. The first-order valence-corrected chi connectivity index (χ1v) is 14.1. The van der Waals surface area contributed by atoms with Crippen molar-refractivity contribution in [2.45, 2.75) is 26.1 Å². The highest BCUT2D eigenvalue weighted by molar-refractivity contribution is 9.11. The number of ether oxygens (including phenoxy) is 5. The van der Waals surface area contributed by atoms with Crippen molar-refractivity contribution in [3.8, 4) is 17.2 Å². The van der Waals surface area contributed by atoms with E-state index in [1.165, 1.54) is 20.4 Å². The van der Waals surface area contributed by atoms with E-state index in [-0.39, 0.29) is 18.8 Å². The van der Waals surface area contributed by atoms with Gasteiger partial charge >= 0.3 is 18.0 Å². The SMILES string of the molecule is CCOc1cc([C@H]2NC(=O)NC(C)=C2C(=O)OC)ccc1OC[C@@H](O)N/N=C\c1cc(Br)c(OCC(=O)OC)c(Br)c1. The van der Waals surface area contributed by atoms with Crippen LogP contribution in [-0.2, 0) is 19.1 Å². The molecule has 0 aliphatic carbocycles. The first kappa shape index (κ1) is 32.7. The van der Waals surface area contributed by atoms with Gasteiger partial charge in [-0.05, 0) is 81.1 Å². The van der Waals surface area contributed by atoms with Crippen LogP contribution >= 0.6 is 31.9 Å². The number of hydrazone groups is 1. The van der Waals surface area contributed by atoms with Crippen LogP contribution in [-0.4, -0.2) is 69.6 Å². The Morgan fingerprint density at radius 1 is 1.10 bits per heavy atom. The number of carbonyl (C=O) groups is 3. The van der Waals surface area contributed by atoms with E-state index in [9.17, 15) is 19.5 Å². The lowest BCUT2D eigenvalue weighted by Gasteiger charge is -2.28. The van der Waals surface area contributed by atoms with Crippen LogP contribution in [0.4, 0.5) is 4.79 Å². The van der Waals surface area contributed by atoms with E-state index in [4.69, 9.17) is 18.9 Å². The van der Waals surface area contributed by atoms with Gasteiger partial charge in [0.25, 0.3) is 0 Å². The summed E-state index contributed by atoms with van der Waals surface area (Å²) in [5.41, 5.74) is 4.45. The van der Waals surface area contributed by atoms with Crippen LogP contribution in [0.1, 0.15) is 31.0 Å². The lowest BCUT2D eigenvalue weighted by molar-refractivity contribution is -0.143. The van der Waals surface area contributed by atoms with Crippen molar-refractivity contribution in [3.05, 3.63) is 61.7 Å². The fourth-order valence-electron chi connectivity index (χ4n) is 3.80. The molecule has 0 spiro atoms. The summed E-state index contributed by atoms with van der Waals surface area (Å²) in [6.07, 6.45) is 0.301. The number of nitrogens with one attached hydrogen (secondary N) is 3. The van der Waals surface area contributed by atoms with Gasteiger partial charge < -0.3 is 39.4 Å². The maximum Gasteiger partial charge on any atom is 0.343 e. The number of rotatable bonds is 13. The molecule has 1 aliphatic heterocycles. The number of allylic oxidation sites excluding steroid dienone is 1. The molecule has 0 radical (unpaired) electrons. The molecule has 2 aromatic carbocycles. The lowest BCUT2D eigenvalue weighted by Crippen LogP contribution is -2.45. The second-order valence-corrected chi connectivity index (χ2v) is 10.3. The van der Waals surface area contributed by atoms with Gasteiger partial charge in [0, 0.05) is 5.70 Å². The van der Waals surface area contributed by atoms with E-state index in [2.05, 4.69) is 57.8 Å². The summed E-state index contributed by atoms with van der Waals surface area (Å²) in [4.78, 5) is 35.9. The van der Waals surface area contributed by atoms with E-state index >= 15 is 0 Å². The van der Waals surface area contributed by atoms with Crippen molar-refractivity contribution in [3.63, 3.8) is 0 Å². The van der Waals surface area contributed by atoms with Crippen LogP contribution in [0.15, 0.2) is 55.6 Å². The van der Waals surface area contributed by atoms with Crippen molar-refractivity contribution in [1.29, 1.82) is 0 Å². The van der Waals surface area contributed by atoms with Gasteiger partial charge in [-0.3, -0.25) is 5.43 Å². The third-order valence-corrected chi connectivity index (χ3v) is 6.87. The fraction of sp³-hybridized carbons (Fsp3) is 0.333. The van der Waals surface area contributed by atoms with Crippen LogP contribution in [0.2, 0.25) is 0 Å². The van der Waals surface area contributed by atoms with Crippen molar-refractivity contribution in [2.24, 2.45) is 5.10 Å². The molecule has 4 N–H and O–H groups in total. The number of benzene rings is 2. The number of esters is 2. The quantitative estimate of drug-likeness (QED) is 0.105. The van der Waals surface area contributed by atoms with Crippen LogP contribution in [0.3, 0.4) is 0 Å². The number of aliphatic hydroxyl groups is 1. The zero-order valence-electron chi connectivity index (χ0n) is 23.2. The highest BCUT2D eigenvalue weighted by atomic mass is 79.9. The molecule has 226 valence electrons. The highest BCUT2D eigenvalue weighted by Crippen LogP contribution is 2.36. The zero-order valence-corrected chi connectivity index (χ0v) is 26.3. The number of carbonyl (C=O) groups excluding carboxylic acids is 3. The Morgan fingerprint density at radius 2 is 1.81 bits per heavy atom. The van der Waals surface area contributed by atoms with Crippen LogP contribution in [0.5, 0.6) is 17.2 Å². The zero-order chi connectivity index (χ0) is 30.8. The topological polar surface area (TPSA) is 166 Å². The largest absolute Gasteiger partial charge is 0.490 e. The summed E-state index contributed by atoms with van der Waals surface area (Å²) in [5.74, 6) is 0.0104. The molecule has 0 aromatic heterocycles. The smallest absolute Gasteiger partial charge is 0.343 e. The first-order valence-electron chi connectivity index (χ1n) is 12.5. The highest BCUT2D eigenvalue weighted by Gasteiger charge is 2.32. The standard InChI is InChI=1S/C27H30Br2N4O9/c1-5-40-20-10-16(24-23(26(36)39-4)14(2)31-27(37)32-24)6-7-19(20)41-12-21(34)33-30-11-15-8-17(28)25(18(29)9-15)42-13-22(35)38-3/h6-11,21,24,33-34H,5,12-13H2,1-4H3,(H2,31,32,37)/b30-11-/t21-,24-/m1/s1. The summed E-state index contributed by atoms with van der Waals surface area (Å²) in [7, 11) is 2.54. The Hall–Kier alpha value is -3.82. The molecule has 0 saturated carbocycles. The van der Waals surface area contributed by atoms with Crippen molar-refractivity contribution in [1.82, 2.24) is 16.1 Å². The number of nitrogens with zero attached hydrogens (tertiary/aromatic N) is 1. The molecule has 0 bridgehead atoms. The lowest BCUT2D eigenvalue weighted by atomic mass is 9.95. The Labute approximate surface area is 258 Å². The average molecular weight is 714 g/mol. The molecule has 15 heteroatoms. The molecule has 13 nitrogen and oxygen atoms in total. The van der Waals surface area contributed by atoms with E-state index in [1.807, 2.05) is 0 Å². The van der Waals surface area contributed by atoms with Crippen molar-refractivity contribution in [2.75, 3.05) is 34.0 Å². The summed E-state index contributed by atoms with van der Waals surface area (Å²) in [6.45, 7) is 3.31. The molecule has 3 rings (SSSR count). The molecule has 2 amide bonds. The Bertz CT molecular complexity index is 1360. The maximum atomic E-state index is 12.4. The van der Waals surface area contributed by atoms with Gasteiger partial charge in [-0.2, -0.15) is 5.10 Å². The Morgan fingerprint density at radius 3 is 2.45 bits per heavy atom. The maximum absolute atomic E-state index is 12.4. The van der Waals surface area contributed by atoms with E-state index in [1.54, 1.807) is 44.2 Å². The van der Waals surface area contributed by atoms with Crippen molar-refractivity contribution < 1.29 is 43.2 Å². The molecule has 0 fully saturated rings. The van der Waals surface area contributed by atoms with Gasteiger partial charge in [0.05, 0.1) is 47.6 Å². The number of hydrogen-bond donors (Lipinski definition) is 4. The third-order valence-electron chi connectivity index (χ3n) is 5.69. The van der Waals surface area contributed by atoms with Gasteiger partial charge in [0.1, 0.15) is 12.4 Å². The summed E-state index contributed by atoms with van der Waals surface area (Å²) in [5, 5.41) is 19.7. The minimum absolute atomic E-state index is 0.180. The predicted molar refractivity (Wildman–Crippen MR) is 158 cm³/mol. The first-order chi connectivity index (χ1) is 20.1. The van der Waals surface area contributed by atoms with E-state index in [0.717, 1.165) is 0 Å². The van der Waals surface area contributed by atoms with Gasteiger partial charge in [0.2, 0.25) is 0 Å². The Kier molecular flexibility index (Phi) is 12.0. The summed E-state index contributed by atoms with van der Waals surface area (Å²) >= 11 is 6.78. The second-order valence-electron chi connectivity index (χ2n) is 8.59. The average Bonchev–Trinajstić information content (AvgIpc) is 2.95. The van der Waals surface area contributed by atoms with E-state index in [0.29, 0.717) is 49.6 Å². The van der Waals surface area contributed by atoms with Gasteiger partial charge in [0.15, 0.2) is 24.3 Å². The second kappa shape index (κ2) is 15.4. The minimum Gasteiger partial charge on any atom is -0.490 e. The van der Waals surface area contributed by atoms with Crippen LogP contribution < -0.4 is 30.3 Å². The normalized spacial score (nSPS) is 15.4. The third kappa shape index (κ3) is 8.59.